The van der Waals surface area contributed by atoms with Gasteiger partial charge in [-0.25, -0.2) is 9.59 Å². The first-order valence-electron chi connectivity index (χ1n) is 15.7. The predicted octanol–water partition coefficient (Wildman–Crippen LogP) is 4.29. The zero-order valence-electron chi connectivity index (χ0n) is 27.6. The van der Waals surface area contributed by atoms with Crippen LogP contribution in [0.4, 0.5) is 5.69 Å². The summed E-state index contributed by atoms with van der Waals surface area (Å²) in [6.45, 7) is 9.43. The minimum absolute atomic E-state index is 0.0693. The topological polar surface area (TPSA) is 132 Å². The van der Waals surface area contributed by atoms with E-state index in [-0.39, 0.29) is 31.4 Å². The summed E-state index contributed by atoms with van der Waals surface area (Å²) in [5, 5.41) is 2.86. The highest BCUT2D eigenvalue weighted by Crippen LogP contribution is 2.38. The number of carbonyl (C=O) groups excluding carboxylic acids is 5. The van der Waals surface area contributed by atoms with Crippen LogP contribution in [-0.4, -0.2) is 79.1 Å². The van der Waals surface area contributed by atoms with Gasteiger partial charge in [0.05, 0.1) is 13.2 Å². The van der Waals surface area contributed by atoms with Gasteiger partial charge in [-0.05, 0) is 103 Å². The number of amides is 3. The fourth-order valence-electron chi connectivity index (χ4n) is 5.72. The number of carbonyl (C=O) groups is 5. The lowest BCUT2D eigenvalue weighted by molar-refractivity contribution is -0.177. The van der Waals surface area contributed by atoms with E-state index < -0.39 is 40.9 Å². The number of likely N-dealkylation sites (N-methyl/N-ethyl adjacent to an activating group) is 1. The van der Waals surface area contributed by atoms with Crippen molar-refractivity contribution >= 4 is 64.0 Å². The smallest absolute Gasteiger partial charge is 0.362 e. The predicted molar refractivity (Wildman–Crippen MR) is 184 cm³/mol. The number of fused-ring (bicyclic) bond motifs is 1. The van der Waals surface area contributed by atoms with Crippen LogP contribution in [0.2, 0.25) is 0 Å². The van der Waals surface area contributed by atoms with Crippen molar-refractivity contribution in [2.24, 2.45) is 5.41 Å². The third-order valence-corrected chi connectivity index (χ3v) is 8.93. The van der Waals surface area contributed by atoms with Gasteiger partial charge in [0.15, 0.2) is 0 Å². The van der Waals surface area contributed by atoms with E-state index in [9.17, 15) is 24.0 Å². The Morgan fingerprint density at radius 3 is 2.30 bits per heavy atom. The molecule has 0 aliphatic carbocycles. The Morgan fingerprint density at radius 2 is 1.70 bits per heavy atom. The maximum atomic E-state index is 13.9. The number of rotatable bonds is 10. The molecular formula is C35H42IN3O8. The molecule has 0 bridgehead atoms. The Morgan fingerprint density at radius 1 is 1.06 bits per heavy atom. The van der Waals surface area contributed by atoms with Crippen molar-refractivity contribution in [1.29, 1.82) is 0 Å². The number of hydrogen-bond donors (Lipinski definition) is 1. The number of esters is 2. The van der Waals surface area contributed by atoms with Crippen molar-refractivity contribution in [3.05, 3.63) is 63.2 Å². The highest BCUT2D eigenvalue weighted by Gasteiger charge is 2.56. The number of benzene rings is 2. The van der Waals surface area contributed by atoms with E-state index in [1.165, 1.54) is 6.08 Å². The van der Waals surface area contributed by atoms with Gasteiger partial charge in [-0.3, -0.25) is 14.4 Å². The zero-order valence-corrected chi connectivity index (χ0v) is 29.8. The van der Waals surface area contributed by atoms with Crippen LogP contribution in [0.25, 0.3) is 6.08 Å². The zero-order chi connectivity index (χ0) is 34.5. The summed E-state index contributed by atoms with van der Waals surface area (Å²) in [6, 6.07) is 11.1. The molecule has 0 spiro atoms. The quantitative estimate of drug-likeness (QED) is 0.165. The molecule has 0 aromatic heterocycles. The Hall–Kier alpha value is -3.94. The summed E-state index contributed by atoms with van der Waals surface area (Å²) in [6.07, 6.45) is 4.04. The van der Waals surface area contributed by atoms with Gasteiger partial charge in [-0.15, -0.1) is 0 Å². The lowest BCUT2D eigenvalue weighted by Crippen LogP contribution is -2.57. The number of nitrogens with zero attached hydrogens (tertiary/aromatic N) is 2. The number of halogens is 1. The molecular weight excluding hydrogens is 717 g/mol. The molecule has 11 nitrogen and oxygen atoms in total. The van der Waals surface area contributed by atoms with Gasteiger partial charge in [0.1, 0.15) is 17.8 Å². The van der Waals surface area contributed by atoms with Crippen LogP contribution < -0.4 is 15.0 Å². The monoisotopic (exact) mass is 759 g/mol. The number of likely N-dealkylation sites (tertiary alicyclic amines) is 1. The van der Waals surface area contributed by atoms with E-state index in [4.69, 9.17) is 14.2 Å². The van der Waals surface area contributed by atoms with Gasteiger partial charge >= 0.3 is 17.5 Å². The van der Waals surface area contributed by atoms with Crippen LogP contribution in [0.3, 0.4) is 0 Å². The molecule has 12 heteroatoms. The van der Waals surface area contributed by atoms with E-state index in [1.54, 1.807) is 55.0 Å². The van der Waals surface area contributed by atoms with E-state index in [0.29, 0.717) is 36.3 Å². The third-order valence-electron chi connectivity index (χ3n) is 8.21. The Balaban J connectivity index is 1.47. The molecule has 3 amide bonds. The molecule has 2 aromatic carbocycles. The van der Waals surface area contributed by atoms with Gasteiger partial charge < -0.3 is 29.3 Å². The summed E-state index contributed by atoms with van der Waals surface area (Å²) in [5.74, 6) is -2.28. The minimum atomic E-state index is -1.93. The van der Waals surface area contributed by atoms with Gasteiger partial charge in [-0.2, -0.15) is 0 Å². The lowest BCUT2D eigenvalue weighted by atomic mass is 9.85. The maximum Gasteiger partial charge on any atom is 0.362 e. The average molecular weight is 760 g/mol. The highest BCUT2D eigenvalue weighted by molar-refractivity contribution is 14.1. The first-order valence-corrected chi connectivity index (χ1v) is 16.8. The summed E-state index contributed by atoms with van der Waals surface area (Å²) in [4.78, 5) is 69.4. The molecule has 1 saturated heterocycles. The van der Waals surface area contributed by atoms with Crippen LogP contribution in [0.15, 0.2) is 48.5 Å². The number of hydrogen-bond acceptors (Lipinski definition) is 8. The molecule has 1 fully saturated rings. The van der Waals surface area contributed by atoms with Gasteiger partial charge in [0.25, 0.3) is 0 Å². The normalized spacial score (nSPS) is 17.4. The molecule has 2 aliphatic heterocycles. The molecule has 1 N–H and O–H groups in total. The van der Waals surface area contributed by atoms with Crippen molar-refractivity contribution in [2.75, 3.05) is 31.7 Å². The summed E-state index contributed by atoms with van der Waals surface area (Å²) in [5.41, 5.74) is -0.638. The molecule has 2 atom stereocenters. The summed E-state index contributed by atoms with van der Waals surface area (Å²) < 4.78 is 17.1. The molecule has 0 unspecified atom stereocenters. The van der Waals surface area contributed by atoms with E-state index in [0.717, 1.165) is 9.26 Å². The second-order valence-electron chi connectivity index (χ2n) is 12.6. The largest absolute Gasteiger partial charge is 0.463 e. The molecule has 0 radical (unpaired) electrons. The van der Waals surface area contributed by atoms with Crippen molar-refractivity contribution in [1.82, 2.24) is 10.2 Å². The van der Waals surface area contributed by atoms with E-state index in [1.807, 2.05) is 45.0 Å². The SMILES string of the molecule is CCOC(=O)C1(C(=O)OCC)Cc2cc(/C=C/C(=O)N[C@H](C(=O)N3CCC[C@H]3C(=O)N(C)c3ccc(I)cc3)C(C)(C)C)ccc2O1. The molecule has 252 valence electrons. The fraction of sp³-hybridized carbons (Fsp3) is 0.457. The van der Waals surface area contributed by atoms with Crippen LogP contribution in [0.1, 0.15) is 58.6 Å². The van der Waals surface area contributed by atoms with Crippen molar-refractivity contribution < 1.29 is 38.2 Å². The molecule has 2 aliphatic rings. The van der Waals surface area contributed by atoms with Crippen molar-refractivity contribution in [2.45, 2.75) is 71.6 Å². The number of anilines is 1. The van der Waals surface area contributed by atoms with Crippen molar-refractivity contribution in [3.8, 4) is 5.75 Å². The molecule has 4 rings (SSSR count). The van der Waals surface area contributed by atoms with Crippen LogP contribution in [-0.2, 0) is 39.9 Å². The van der Waals surface area contributed by atoms with Crippen LogP contribution in [0.5, 0.6) is 5.75 Å². The van der Waals surface area contributed by atoms with Gasteiger partial charge in [0, 0.05) is 40.9 Å². The van der Waals surface area contributed by atoms with E-state index >= 15 is 0 Å². The second-order valence-corrected chi connectivity index (χ2v) is 13.9. The maximum absolute atomic E-state index is 13.9. The number of ether oxygens (including phenoxy) is 3. The van der Waals surface area contributed by atoms with Gasteiger partial charge in [-0.1, -0.05) is 26.8 Å². The molecule has 0 saturated carbocycles. The molecule has 2 heterocycles. The minimum Gasteiger partial charge on any atom is -0.463 e. The average Bonchev–Trinajstić information content (AvgIpc) is 3.68. The van der Waals surface area contributed by atoms with Crippen molar-refractivity contribution in [3.63, 3.8) is 0 Å². The Bertz CT molecular complexity index is 1530. The first kappa shape index (κ1) is 35.9. The third kappa shape index (κ3) is 7.96. The van der Waals surface area contributed by atoms with Crippen LogP contribution in [0, 0.1) is 8.99 Å². The summed E-state index contributed by atoms with van der Waals surface area (Å²) in [7, 11) is 1.71. The second kappa shape index (κ2) is 14.9. The molecule has 47 heavy (non-hydrogen) atoms. The number of nitrogens with one attached hydrogen (secondary N) is 1. The van der Waals surface area contributed by atoms with E-state index in [2.05, 4.69) is 27.9 Å². The summed E-state index contributed by atoms with van der Waals surface area (Å²) >= 11 is 2.21. The Kier molecular flexibility index (Phi) is 11.4. The van der Waals surface area contributed by atoms with Gasteiger partial charge in [0.2, 0.25) is 17.7 Å². The fourth-order valence-corrected chi connectivity index (χ4v) is 6.08. The highest BCUT2D eigenvalue weighted by atomic mass is 127. The first-order chi connectivity index (χ1) is 22.2. The Labute approximate surface area is 289 Å². The molecule has 2 aromatic rings. The standard InChI is InChI=1S/C35H42IN3O8/c1-7-45-32(43)35(33(44)46-8-2)21-23-20-22(11-17-27(23)47-35)12-18-28(40)37-29(34(3,4)5)31(42)39-19-9-10-26(39)30(41)38(6)25-15-13-24(36)14-16-25/h11-18,20,26,29H,7-10,19,21H2,1-6H3,(H,37,40)/b18-12+/t26-,29+/m0/s1. The lowest BCUT2D eigenvalue weighted by Gasteiger charge is -2.36. The van der Waals surface area contributed by atoms with Crippen LogP contribution >= 0.6 is 22.6 Å².